The highest BCUT2D eigenvalue weighted by atomic mass is 16.7. The Kier molecular flexibility index (Phi) is 5.67. The number of aliphatic hydroxyl groups is 2. The smallest absolute Gasteiger partial charge is 0.303 e. The second kappa shape index (κ2) is 6.80. The van der Waals surface area contributed by atoms with E-state index in [0.717, 1.165) is 6.92 Å². The Labute approximate surface area is 110 Å². The molecule has 1 aliphatic rings. The van der Waals surface area contributed by atoms with Crippen LogP contribution in [0, 0.1) is 0 Å². The molecule has 1 aliphatic heterocycles. The van der Waals surface area contributed by atoms with Crippen LogP contribution >= 0.6 is 0 Å². The van der Waals surface area contributed by atoms with Crippen LogP contribution in [0.2, 0.25) is 0 Å². The fourth-order valence-electron chi connectivity index (χ4n) is 1.87. The number of hydrogen-bond acceptors (Lipinski definition) is 8. The summed E-state index contributed by atoms with van der Waals surface area (Å²) < 4.78 is 20.1. The van der Waals surface area contributed by atoms with Gasteiger partial charge < -0.3 is 29.2 Å². The first-order valence-electron chi connectivity index (χ1n) is 5.72. The number of carbonyl (C=O) groups is 2. The van der Waals surface area contributed by atoms with E-state index in [1.54, 1.807) is 0 Å². The maximum absolute atomic E-state index is 11.1. The predicted octanol–water partition coefficient (Wildman–Crippen LogP) is -1.43. The van der Waals surface area contributed by atoms with Gasteiger partial charge in [0.25, 0.3) is 0 Å². The number of ether oxygens (including phenoxy) is 4. The van der Waals surface area contributed by atoms with E-state index in [1.807, 2.05) is 0 Å². The molecule has 0 spiro atoms. The van der Waals surface area contributed by atoms with Gasteiger partial charge in [-0.2, -0.15) is 0 Å². The summed E-state index contributed by atoms with van der Waals surface area (Å²) in [4.78, 5) is 22.1. The topological polar surface area (TPSA) is 112 Å². The van der Waals surface area contributed by atoms with Crippen molar-refractivity contribution in [2.24, 2.45) is 0 Å². The molecule has 0 bridgehead atoms. The molecule has 0 aromatic heterocycles. The van der Waals surface area contributed by atoms with Crippen LogP contribution in [0.5, 0.6) is 0 Å². The van der Waals surface area contributed by atoms with Crippen LogP contribution < -0.4 is 0 Å². The van der Waals surface area contributed by atoms with Crippen molar-refractivity contribution < 1.29 is 38.7 Å². The van der Waals surface area contributed by atoms with Gasteiger partial charge in [-0.05, 0) is 0 Å². The van der Waals surface area contributed by atoms with Gasteiger partial charge in [-0.1, -0.05) is 0 Å². The summed E-state index contributed by atoms with van der Waals surface area (Å²) in [6.07, 6.45) is -5.65. The molecule has 0 aromatic rings. The summed E-state index contributed by atoms with van der Waals surface area (Å²) in [5, 5.41) is 19.1. The summed E-state index contributed by atoms with van der Waals surface area (Å²) in [7, 11) is 1.30. The quantitative estimate of drug-likeness (QED) is 0.602. The van der Waals surface area contributed by atoms with E-state index in [2.05, 4.69) is 0 Å². The molecular weight excluding hydrogens is 260 g/mol. The van der Waals surface area contributed by atoms with Gasteiger partial charge in [0.15, 0.2) is 18.5 Å². The molecule has 5 atom stereocenters. The second-order valence-corrected chi connectivity index (χ2v) is 4.10. The Balaban J connectivity index is 2.96. The minimum Gasteiger partial charge on any atom is -0.455 e. The zero-order valence-corrected chi connectivity index (χ0v) is 10.9. The molecule has 8 nitrogen and oxygen atoms in total. The Hall–Kier alpha value is -1.22. The van der Waals surface area contributed by atoms with Crippen molar-refractivity contribution in [3.05, 3.63) is 0 Å². The lowest BCUT2D eigenvalue weighted by Crippen LogP contribution is -2.61. The summed E-state index contributed by atoms with van der Waals surface area (Å²) in [5.74, 6) is -1.29. The van der Waals surface area contributed by atoms with Gasteiger partial charge in [0.05, 0.1) is 6.61 Å². The van der Waals surface area contributed by atoms with E-state index in [-0.39, 0.29) is 0 Å². The highest BCUT2D eigenvalue weighted by molar-refractivity contribution is 5.67. The number of esters is 2. The van der Waals surface area contributed by atoms with Crippen LogP contribution in [0.4, 0.5) is 0 Å². The zero-order valence-electron chi connectivity index (χ0n) is 10.9. The van der Waals surface area contributed by atoms with Gasteiger partial charge in [0.1, 0.15) is 12.2 Å². The maximum Gasteiger partial charge on any atom is 0.303 e. The highest BCUT2D eigenvalue weighted by Gasteiger charge is 2.49. The van der Waals surface area contributed by atoms with Gasteiger partial charge in [0.2, 0.25) is 0 Å². The fourth-order valence-corrected chi connectivity index (χ4v) is 1.87. The van der Waals surface area contributed by atoms with E-state index >= 15 is 0 Å². The first-order valence-corrected chi connectivity index (χ1v) is 5.72. The summed E-state index contributed by atoms with van der Waals surface area (Å²) in [6.45, 7) is 1.83. The SMILES string of the molecule is CO[C@H]1O[C@H](CO)[C@H](O)[C@H](OC(C)=O)[C@H]1OC(C)=O. The first kappa shape index (κ1) is 15.8. The molecule has 0 aromatic carbocycles. The van der Waals surface area contributed by atoms with Crippen molar-refractivity contribution >= 4 is 11.9 Å². The van der Waals surface area contributed by atoms with Crippen molar-refractivity contribution in [2.75, 3.05) is 13.7 Å². The molecule has 1 saturated heterocycles. The fraction of sp³-hybridized carbons (Fsp3) is 0.818. The first-order chi connectivity index (χ1) is 8.90. The van der Waals surface area contributed by atoms with Crippen LogP contribution in [0.3, 0.4) is 0 Å². The van der Waals surface area contributed by atoms with Crippen molar-refractivity contribution in [3.63, 3.8) is 0 Å². The minimum absolute atomic E-state index is 0.494. The van der Waals surface area contributed by atoms with E-state index in [1.165, 1.54) is 14.0 Å². The molecular formula is C11H18O8. The monoisotopic (exact) mass is 278 g/mol. The van der Waals surface area contributed by atoms with Crippen molar-refractivity contribution in [1.29, 1.82) is 0 Å². The third-order valence-corrected chi connectivity index (χ3v) is 2.63. The lowest BCUT2D eigenvalue weighted by molar-refractivity contribution is -0.299. The molecule has 8 heteroatoms. The van der Waals surface area contributed by atoms with Gasteiger partial charge in [-0.3, -0.25) is 9.59 Å². The van der Waals surface area contributed by atoms with Crippen LogP contribution in [-0.4, -0.2) is 66.6 Å². The Morgan fingerprint density at radius 3 is 2.11 bits per heavy atom. The van der Waals surface area contributed by atoms with Gasteiger partial charge in [-0.15, -0.1) is 0 Å². The van der Waals surface area contributed by atoms with Crippen LogP contribution in [0.15, 0.2) is 0 Å². The highest BCUT2D eigenvalue weighted by Crippen LogP contribution is 2.26. The van der Waals surface area contributed by atoms with Gasteiger partial charge >= 0.3 is 11.9 Å². The average Bonchev–Trinajstić information content (AvgIpc) is 2.33. The van der Waals surface area contributed by atoms with Crippen LogP contribution in [0.1, 0.15) is 13.8 Å². The van der Waals surface area contributed by atoms with Crippen LogP contribution in [0.25, 0.3) is 0 Å². The molecule has 0 amide bonds. The van der Waals surface area contributed by atoms with E-state index in [0.29, 0.717) is 0 Å². The molecule has 0 aliphatic carbocycles. The molecule has 1 heterocycles. The van der Waals surface area contributed by atoms with Crippen LogP contribution in [-0.2, 0) is 28.5 Å². The maximum atomic E-state index is 11.1. The van der Waals surface area contributed by atoms with Crippen molar-refractivity contribution in [1.82, 2.24) is 0 Å². The molecule has 0 unspecified atom stereocenters. The standard InChI is InChI=1S/C11H18O8/c1-5(13)17-9-8(15)7(4-12)19-11(16-3)10(9)18-6(2)14/h7-12,15H,4H2,1-3H3/t7-,8+,9+,10-,11+/m1/s1. The molecule has 110 valence electrons. The molecule has 0 radical (unpaired) electrons. The second-order valence-electron chi connectivity index (χ2n) is 4.10. The average molecular weight is 278 g/mol. The third kappa shape index (κ3) is 3.87. The van der Waals surface area contributed by atoms with E-state index in [4.69, 9.17) is 24.1 Å². The molecule has 19 heavy (non-hydrogen) atoms. The normalized spacial score (nSPS) is 34.7. The number of methoxy groups -OCH3 is 1. The molecule has 2 N–H and O–H groups in total. The van der Waals surface area contributed by atoms with Gasteiger partial charge in [-0.25, -0.2) is 0 Å². The van der Waals surface area contributed by atoms with Crippen molar-refractivity contribution in [2.45, 2.75) is 44.6 Å². The third-order valence-electron chi connectivity index (χ3n) is 2.63. The summed E-state index contributed by atoms with van der Waals surface area (Å²) in [5.41, 5.74) is 0. The molecule has 1 fully saturated rings. The minimum atomic E-state index is -1.33. The number of hydrogen-bond donors (Lipinski definition) is 2. The molecule has 1 rings (SSSR count). The molecule has 0 saturated carbocycles. The summed E-state index contributed by atoms with van der Waals surface area (Å²) in [6, 6.07) is 0. The van der Waals surface area contributed by atoms with E-state index < -0.39 is 49.3 Å². The van der Waals surface area contributed by atoms with Gasteiger partial charge in [0, 0.05) is 21.0 Å². The lowest BCUT2D eigenvalue weighted by Gasteiger charge is -2.42. The largest absolute Gasteiger partial charge is 0.455 e. The Bertz CT molecular complexity index is 331. The summed E-state index contributed by atoms with van der Waals surface area (Å²) >= 11 is 0. The predicted molar refractivity (Wildman–Crippen MR) is 59.9 cm³/mol. The Morgan fingerprint density at radius 1 is 1.16 bits per heavy atom. The number of carbonyl (C=O) groups excluding carboxylic acids is 2. The number of rotatable bonds is 4. The van der Waals surface area contributed by atoms with Crippen molar-refractivity contribution in [3.8, 4) is 0 Å². The Morgan fingerprint density at radius 2 is 1.68 bits per heavy atom. The number of aliphatic hydroxyl groups excluding tert-OH is 2. The lowest BCUT2D eigenvalue weighted by atomic mass is 9.98. The zero-order chi connectivity index (χ0) is 14.6. The van der Waals surface area contributed by atoms with E-state index in [9.17, 15) is 14.7 Å².